The highest BCUT2D eigenvalue weighted by atomic mass is 16.5. The lowest BCUT2D eigenvalue weighted by Crippen LogP contribution is -1.95. The Kier molecular flexibility index (Phi) is 7.14. The van der Waals surface area contributed by atoms with Gasteiger partial charge in [-0.1, -0.05) is 18.2 Å². The fourth-order valence-electron chi connectivity index (χ4n) is 2.40. The summed E-state index contributed by atoms with van der Waals surface area (Å²) in [5, 5.41) is 0. The van der Waals surface area contributed by atoms with Crippen LogP contribution in [0.25, 0.3) is 12.2 Å². The maximum atomic E-state index is 5.37. The Bertz CT molecular complexity index is 682. The van der Waals surface area contributed by atoms with Crippen LogP contribution in [0.1, 0.15) is 16.7 Å². The quantitative estimate of drug-likeness (QED) is 0.761. The van der Waals surface area contributed by atoms with E-state index >= 15 is 0 Å². The van der Waals surface area contributed by atoms with Gasteiger partial charge >= 0.3 is 0 Å². The van der Waals surface area contributed by atoms with E-state index in [9.17, 15) is 0 Å². The van der Waals surface area contributed by atoms with E-state index < -0.39 is 0 Å². The molecule has 2 aromatic rings. The van der Waals surface area contributed by atoms with Crippen LogP contribution in [0.3, 0.4) is 0 Å². The molecule has 0 atom stereocenters. The van der Waals surface area contributed by atoms with Crippen molar-refractivity contribution >= 4 is 12.2 Å². The smallest absolute Gasteiger partial charge is 0.203 e. The van der Waals surface area contributed by atoms with Crippen LogP contribution >= 0.6 is 0 Å². The number of hydrogen-bond acceptors (Lipinski definition) is 4. The van der Waals surface area contributed by atoms with Crippen molar-refractivity contribution in [2.45, 2.75) is 6.92 Å². The SMILES string of the molecule is COc1ccc(/C=C\c2cc(OC)c(OC)c(OC)c2)cc1C.O. The summed E-state index contributed by atoms with van der Waals surface area (Å²) < 4.78 is 21.3. The number of methoxy groups -OCH3 is 4. The third-order valence-corrected chi connectivity index (χ3v) is 3.57. The topological polar surface area (TPSA) is 68.4 Å². The molecule has 2 N–H and O–H groups in total. The van der Waals surface area contributed by atoms with Gasteiger partial charge in [0.2, 0.25) is 5.75 Å². The summed E-state index contributed by atoms with van der Waals surface area (Å²) in [7, 11) is 6.49. The average molecular weight is 332 g/mol. The van der Waals surface area contributed by atoms with Crippen molar-refractivity contribution in [3.05, 3.63) is 47.0 Å². The number of aryl methyl sites for hydroxylation is 1. The molecule has 2 aromatic carbocycles. The lowest BCUT2D eigenvalue weighted by molar-refractivity contribution is 0.324. The number of benzene rings is 2. The highest BCUT2D eigenvalue weighted by Crippen LogP contribution is 2.38. The Morgan fingerprint density at radius 2 is 1.21 bits per heavy atom. The molecule has 0 bridgehead atoms. The molecule has 130 valence electrons. The van der Waals surface area contributed by atoms with Crippen molar-refractivity contribution in [2.24, 2.45) is 0 Å². The molecule has 0 radical (unpaired) electrons. The molecule has 0 spiro atoms. The van der Waals surface area contributed by atoms with Crippen LogP contribution < -0.4 is 18.9 Å². The Morgan fingerprint density at radius 3 is 1.67 bits per heavy atom. The minimum Gasteiger partial charge on any atom is -0.496 e. The van der Waals surface area contributed by atoms with E-state index in [1.165, 1.54) is 0 Å². The van der Waals surface area contributed by atoms with Crippen LogP contribution in [-0.2, 0) is 0 Å². The highest BCUT2D eigenvalue weighted by molar-refractivity contribution is 5.73. The average Bonchev–Trinajstić information content (AvgIpc) is 2.58. The second-order valence-electron chi connectivity index (χ2n) is 5.02. The van der Waals surface area contributed by atoms with Crippen LogP contribution in [0.4, 0.5) is 0 Å². The van der Waals surface area contributed by atoms with Crippen molar-refractivity contribution in [3.8, 4) is 23.0 Å². The van der Waals surface area contributed by atoms with Crippen LogP contribution in [-0.4, -0.2) is 33.9 Å². The van der Waals surface area contributed by atoms with E-state index in [1.807, 2.05) is 43.3 Å². The van der Waals surface area contributed by atoms with Gasteiger partial charge < -0.3 is 24.4 Å². The van der Waals surface area contributed by atoms with Gasteiger partial charge in [0.05, 0.1) is 28.4 Å². The third-order valence-electron chi connectivity index (χ3n) is 3.57. The van der Waals surface area contributed by atoms with E-state index in [2.05, 4.69) is 6.07 Å². The van der Waals surface area contributed by atoms with Gasteiger partial charge in [-0.05, 0) is 47.9 Å². The number of hydrogen-bond donors (Lipinski definition) is 0. The Labute approximate surface area is 142 Å². The summed E-state index contributed by atoms with van der Waals surface area (Å²) >= 11 is 0. The molecular weight excluding hydrogens is 308 g/mol. The molecule has 0 aliphatic carbocycles. The van der Waals surface area contributed by atoms with Crippen molar-refractivity contribution in [3.63, 3.8) is 0 Å². The zero-order chi connectivity index (χ0) is 16.8. The first-order valence-electron chi connectivity index (χ1n) is 7.25. The molecule has 0 heterocycles. The largest absolute Gasteiger partial charge is 0.496 e. The summed E-state index contributed by atoms with van der Waals surface area (Å²) in [4.78, 5) is 0. The summed E-state index contributed by atoms with van der Waals surface area (Å²) in [5.41, 5.74) is 3.16. The molecule has 0 unspecified atom stereocenters. The first-order valence-corrected chi connectivity index (χ1v) is 7.25. The molecule has 0 saturated heterocycles. The summed E-state index contributed by atoms with van der Waals surface area (Å²) in [6, 6.07) is 9.88. The Morgan fingerprint density at radius 1 is 0.667 bits per heavy atom. The molecule has 2 rings (SSSR count). The summed E-state index contributed by atoms with van der Waals surface area (Å²) in [5.74, 6) is 2.75. The molecule has 0 aliphatic rings. The van der Waals surface area contributed by atoms with Crippen LogP contribution in [0.5, 0.6) is 23.0 Å². The molecule has 5 nitrogen and oxygen atoms in total. The summed E-state index contributed by atoms with van der Waals surface area (Å²) in [6.45, 7) is 2.02. The van der Waals surface area contributed by atoms with Gasteiger partial charge in [0.1, 0.15) is 5.75 Å². The minimum absolute atomic E-state index is 0. The lowest BCUT2D eigenvalue weighted by Gasteiger charge is -2.12. The van der Waals surface area contributed by atoms with Crippen LogP contribution in [0.2, 0.25) is 0 Å². The van der Waals surface area contributed by atoms with Gasteiger partial charge in [0.15, 0.2) is 11.5 Å². The third kappa shape index (κ3) is 4.20. The fourth-order valence-corrected chi connectivity index (χ4v) is 2.40. The predicted molar refractivity (Wildman–Crippen MR) is 96.4 cm³/mol. The Hall–Kier alpha value is -2.66. The zero-order valence-corrected chi connectivity index (χ0v) is 14.7. The van der Waals surface area contributed by atoms with E-state index in [1.54, 1.807) is 28.4 Å². The monoisotopic (exact) mass is 332 g/mol. The number of ether oxygens (including phenoxy) is 4. The van der Waals surface area contributed by atoms with Gasteiger partial charge in [0.25, 0.3) is 0 Å². The molecular formula is C19H24O5. The van der Waals surface area contributed by atoms with Crippen LogP contribution in [0, 0.1) is 6.92 Å². The van der Waals surface area contributed by atoms with Gasteiger partial charge in [-0.15, -0.1) is 0 Å². The number of rotatable bonds is 6. The van der Waals surface area contributed by atoms with Crippen molar-refractivity contribution in [2.75, 3.05) is 28.4 Å². The van der Waals surface area contributed by atoms with Gasteiger partial charge in [-0.25, -0.2) is 0 Å². The second kappa shape index (κ2) is 8.84. The minimum atomic E-state index is 0. The molecule has 0 aromatic heterocycles. The first kappa shape index (κ1) is 19.4. The van der Waals surface area contributed by atoms with Crippen LogP contribution in [0.15, 0.2) is 30.3 Å². The fraction of sp³-hybridized carbons (Fsp3) is 0.263. The van der Waals surface area contributed by atoms with Gasteiger partial charge in [-0.2, -0.15) is 0 Å². The molecule has 0 fully saturated rings. The Balaban J connectivity index is 0.00000288. The van der Waals surface area contributed by atoms with Crippen molar-refractivity contribution in [1.82, 2.24) is 0 Å². The normalized spacial score (nSPS) is 10.2. The van der Waals surface area contributed by atoms with Gasteiger partial charge in [0, 0.05) is 0 Å². The van der Waals surface area contributed by atoms with Crippen molar-refractivity contribution in [1.29, 1.82) is 0 Å². The molecule has 5 heteroatoms. The van der Waals surface area contributed by atoms with Crippen molar-refractivity contribution < 1.29 is 24.4 Å². The zero-order valence-electron chi connectivity index (χ0n) is 14.7. The lowest BCUT2D eigenvalue weighted by atomic mass is 10.1. The molecule has 24 heavy (non-hydrogen) atoms. The highest BCUT2D eigenvalue weighted by Gasteiger charge is 2.11. The van der Waals surface area contributed by atoms with E-state index in [4.69, 9.17) is 18.9 Å². The van der Waals surface area contributed by atoms with E-state index in [0.29, 0.717) is 17.2 Å². The van der Waals surface area contributed by atoms with E-state index in [0.717, 1.165) is 22.4 Å². The summed E-state index contributed by atoms with van der Waals surface area (Å²) in [6.07, 6.45) is 4.04. The van der Waals surface area contributed by atoms with E-state index in [-0.39, 0.29) is 5.48 Å². The molecule has 0 amide bonds. The van der Waals surface area contributed by atoms with Gasteiger partial charge in [-0.3, -0.25) is 0 Å². The second-order valence-corrected chi connectivity index (χ2v) is 5.02. The predicted octanol–water partition coefficient (Wildman–Crippen LogP) is 3.38. The molecule has 0 aliphatic heterocycles. The maximum absolute atomic E-state index is 5.37. The maximum Gasteiger partial charge on any atom is 0.203 e. The molecule has 0 saturated carbocycles. The first-order chi connectivity index (χ1) is 11.1. The standard InChI is InChI=1S/C19H22O4.H2O/c1-13-10-14(8-9-16(13)20-2)6-7-15-11-17(21-3)19(23-5)18(12-15)22-4;/h6-12H,1-5H3;1H2/b7-6-;.